The standard InChI is InChI=1S/C9H17NO/c11-10-9-5-7-3-1-2-4-8(7)6-9/h7-11H,1-6H2/t7-,8-/m1/s1. The first kappa shape index (κ1) is 7.56. The van der Waals surface area contributed by atoms with Crippen LogP contribution in [0, 0.1) is 11.8 Å². The van der Waals surface area contributed by atoms with Gasteiger partial charge in [-0.05, 0) is 24.7 Å². The Labute approximate surface area is 67.9 Å². The Kier molecular flexibility index (Phi) is 2.14. The van der Waals surface area contributed by atoms with Crippen molar-refractivity contribution in [1.82, 2.24) is 5.48 Å². The van der Waals surface area contributed by atoms with E-state index in [2.05, 4.69) is 5.48 Å². The van der Waals surface area contributed by atoms with Crippen LogP contribution in [0.1, 0.15) is 38.5 Å². The summed E-state index contributed by atoms with van der Waals surface area (Å²) < 4.78 is 0. The Morgan fingerprint density at radius 3 is 2.00 bits per heavy atom. The molecule has 2 aliphatic rings. The van der Waals surface area contributed by atoms with E-state index >= 15 is 0 Å². The van der Waals surface area contributed by atoms with Gasteiger partial charge in [-0.25, -0.2) is 5.48 Å². The van der Waals surface area contributed by atoms with Crippen LogP contribution in [0.3, 0.4) is 0 Å². The highest BCUT2D eigenvalue weighted by Crippen LogP contribution is 2.41. The minimum atomic E-state index is 0.406. The zero-order chi connectivity index (χ0) is 7.68. The van der Waals surface area contributed by atoms with Gasteiger partial charge in [0, 0.05) is 6.04 Å². The summed E-state index contributed by atoms with van der Waals surface area (Å²) in [5.74, 6) is 1.85. The minimum absolute atomic E-state index is 0.406. The monoisotopic (exact) mass is 155 g/mol. The van der Waals surface area contributed by atoms with Crippen molar-refractivity contribution in [2.45, 2.75) is 44.6 Å². The summed E-state index contributed by atoms with van der Waals surface area (Å²) in [5, 5.41) is 8.76. The normalized spacial score (nSPS) is 39.0. The Bertz CT molecular complexity index is 124. The molecule has 0 aliphatic heterocycles. The molecule has 0 aromatic rings. The lowest BCUT2D eigenvalue weighted by atomic mass is 9.82. The second-order valence-electron chi connectivity index (χ2n) is 4.10. The van der Waals surface area contributed by atoms with Crippen molar-refractivity contribution >= 4 is 0 Å². The molecule has 2 aliphatic carbocycles. The fourth-order valence-electron chi connectivity index (χ4n) is 2.84. The molecule has 2 N–H and O–H groups in total. The summed E-state index contributed by atoms with van der Waals surface area (Å²) in [6, 6.07) is 0.406. The molecule has 0 amide bonds. The highest BCUT2D eigenvalue weighted by Gasteiger charge is 2.34. The molecule has 0 bridgehead atoms. The van der Waals surface area contributed by atoms with Crippen LogP contribution in [0.2, 0.25) is 0 Å². The highest BCUT2D eigenvalue weighted by atomic mass is 16.5. The summed E-state index contributed by atoms with van der Waals surface area (Å²) in [7, 11) is 0. The molecule has 0 heterocycles. The maximum Gasteiger partial charge on any atom is 0.0325 e. The van der Waals surface area contributed by atoms with E-state index in [1.54, 1.807) is 0 Å². The van der Waals surface area contributed by atoms with Gasteiger partial charge in [0.1, 0.15) is 0 Å². The van der Waals surface area contributed by atoms with Gasteiger partial charge in [0.25, 0.3) is 0 Å². The summed E-state index contributed by atoms with van der Waals surface area (Å²) in [6.45, 7) is 0. The van der Waals surface area contributed by atoms with Crippen LogP contribution in [0.15, 0.2) is 0 Å². The number of hydrogen-bond donors (Lipinski definition) is 2. The average Bonchev–Trinajstić information content (AvgIpc) is 2.46. The van der Waals surface area contributed by atoms with Gasteiger partial charge >= 0.3 is 0 Å². The first-order valence-corrected chi connectivity index (χ1v) is 4.80. The summed E-state index contributed by atoms with van der Waals surface area (Å²) in [5.41, 5.74) is 2.42. The van der Waals surface area contributed by atoms with E-state index in [1.165, 1.54) is 38.5 Å². The predicted molar refractivity (Wildman–Crippen MR) is 43.4 cm³/mol. The first-order valence-electron chi connectivity index (χ1n) is 4.80. The molecule has 0 spiro atoms. The van der Waals surface area contributed by atoms with Crippen LogP contribution < -0.4 is 5.48 Å². The Hall–Kier alpha value is -0.0800. The zero-order valence-electron chi connectivity index (χ0n) is 6.92. The molecule has 2 nitrogen and oxygen atoms in total. The molecule has 2 fully saturated rings. The predicted octanol–water partition coefficient (Wildman–Crippen LogP) is 1.93. The molecule has 11 heavy (non-hydrogen) atoms. The average molecular weight is 155 g/mol. The number of rotatable bonds is 1. The number of fused-ring (bicyclic) bond motifs is 1. The third-order valence-corrected chi connectivity index (χ3v) is 3.42. The van der Waals surface area contributed by atoms with E-state index < -0.39 is 0 Å². The van der Waals surface area contributed by atoms with Gasteiger partial charge < -0.3 is 5.21 Å². The molecule has 2 rings (SSSR count). The Morgan fingerprint density at radius 2 is 1.55 bits per heavy atom. The molecular weight excluding hydrogens is 138 g/mol. The lowest BCUT2D eigenvalue weighted by Crippen LogP contribution is -2.22. The van der Waals surface area contributed by atoms with E-state index in [4.69, 9.17) is 5.21 Å². The van der Waals surface area contributed by atoms with Crippen molar-refractivity contribution in [3.8, 4) is 0 Å². The highest BCUT2D eigenvalue weighted by molar-refractivity contribution is 4.88. The van der Waals surface area contributed by atoms with Crippen molar-refractivity contribution < 1.29 is 5.21 Å². The minimum Gasteiger partial charge on any atom is -0.317 e. The third kappa shape index (κ3) is 1.42. The fourth-order valence-corrected chi connectivity index (χ4v) is 2.84. The van der Waals surface area contributed by atoms with Crippen LogP contribution in [-0.2, 0) is 0 Å². The molecule has 2 saturated carbocycles. The van der Waals surface area contributed by atoms with Crippen molar-refractivity contribution in [2.75, 3.05) is 0 Å². The molecule has 64 valence electrons. The van der Waals surface area contributed by atoms with Crippen molar-refractivity contribution in [3.05, 3.63) is 0 Å². The van der Waals surface area contributed by atoms with Gasteiger partial charge in [-0.1, -0.05) is 25.7 Å². The van der Waals surface area contributed by atoms with Crippen LogP contribution in [0.25, 0.3) is 0 Å². The van der Waals surface area contributed by atoms with E-state index in [0.717, 1.165) is 11.8 Å². The van der Waals surface area contributed by atoms with Crippen LogP contribution >= 0.6 is 0 Å². The molecule has 0 unspecified atom stereocenters. The van der Waals surface area contributed by atoms with Crippen LogP contribution in [0.5, 0.6) is 0 Å². The Morgan fingerprint density at radius 1 is 1.00 bits per heavy atom. The van der Waals surface area contributed by atoms with Gasteiger partial charge in [0.15, 0.2) is 0 Å². The quantitative estimate of drug-likeness (QED) is 0.567. The molecule has 0 saturated heterocycles. The van der Waals surface area contributed by atoms with Gasteiger partial charge in [-0.15, -0.1) is 0 Å². The number of hydrogen-bond acceptors (Lipinski definition) is 2. The maximum absolute atomic E-state index is 8.76. The van der Waals surface area contributed by atoms with E-state index in [1.807, 2.05) is 0 Å². The van der Waals surface area contributed by atoms with E-state index in [0.29, 0.717) is 6.04 Å². The summed E-state index contributed by atoms with van der Waals surface area (Å²) in [4.78, 5) is 0. The van der Waals surface area contributed by atoms with Crippen molar-refractivity contribution in [1.29, 1.82) is 0 Å². The van der Waals surface area contributed by atoms with Crippen molar-refractivity contribution in [3.63, 3.8) is 0 Å². The second kappa shape index (κ2) is 3.11. The van der Waals surface area contributed by atoms with Gasteiger partial charge in [0.2, 0.25) is 0 Å². The first-order chi connectivity index (χ1) is 5.40. The second-order valence-corrected chi connectivity index (χ2v) is 4.10. The van der Waals surface area contributed by atoms with Gasteiger partial charge in [0.05, 0.1) is 0 Å². The smallest absolute Gasteiger partial charge is 0.0325 e. The Balaban J connectivity index is 1.92. The SMILES string of the molecule is ONC1C[C@H]2CCCC[C@@H]2C1. The molecule has 0 aromatic carbocycles. The number of nitrogens with one attached hydrogen (secondary N) is 1. The number of hydroxylamine groups is 1. The topological polar surface area (TPSA) is 32.3 Å². The molecular formula is C9H17NO. The lowest BCUT2D eigenvalue weighted by Gasteiger charge is -2.24. The van der Waals surface area contributed by atoms with Gasteiger partial charge in [-0.3, -0.25) is 0 Å². The lowest BCUT2D eigenvalue weighted by molar-refractivity contribution is 0.125. The molecule has 2 atom stereocenters. The van der Waals surface area contributed by atoms with Crippen molar-refractivity contribution in [2.24, 2.45) is 11.8 Å². The fraction of sp³-hybridized carbons (Fsp3) is 1.00. The molecule has 2 heteroatoms. The maximum atomic E-state index is 8.76. The summed E-state index contributed by atoms with van der Waals surface area (Å²) in [6.07, 6.45) is 8.06. The third-order valence-electron chi connectivity index (χ3n) is 3.42. The zero-order valence-corrected chi connectivity index (χ0v) is 6.92. The van der Waals surface area contributed by atoms with Gasteiger partial charge in [-0.2, -0.15) is 0 Å². The largest absolute Gasteiger partial charge is 0.317 e. The molecule has 0 radical (unpaired) electrons. The summed E-state index contributed by atoms with van der Waals surface area (Å²) >= 11 is 0. The van der Waals surface area contributed by atoms with Crippen LogP contribution in [-0.4, -0.2) is 11.2 Å². The van der Waals surface area contributed by atoms with Crippen LogP contribution in [0.4, 0.5) is 0 Å². The molecule has 0 aromatic heterocycles. The van der Waals surface area contributed by atoms with E-state index in [-0.39, 0.29) is 0 Å². The van der Waals surface area contributed by atoms with E-state index in [9.17, 15) is 0 Å².